The van der Waals surface area contributed by atoms with Crippen LogP contribution in [0.5, 0.6) is 0 Å². The van der Waals surface area contributed by atoms with Crippen molar-refractivity contribution in [2.45, 2.75) is 38.1 Å². The molecule has 1 aliphatic rings. The first-order chi connectivity index (χ1) is 4.84. The van der Waals surface area contributed by atoms with Gasteiger partial charge in [-0.15, -0.1) is 0 Å². The monoisotopic (exact) mass is 161 g/mol. The first-order valence-corrected chi connectivity index (χ1v) is 4.86. The second-order valence-corrected chi connectivity index (χ2v) is 3.91. The van der Waals surface area contributed by atoms with Crippen LogP contribution in [0.4, 0.5) is 0 Å². The molecule has 0 bridgehead atoms. The second-order valence-electron chi connectivity index (χ2n) is 3.00. The van der Waals surface area contributed by atoms with Gasteiger partial charge in [0.1, 0.15) is 0 Å². The van der Waals surface area contributed by atoms with Gasteiger partial charge in [-0.05, 0) is 19.9 Å². The van der Waals surface area contributed by atoms with E-state index < -0.39 is 0 Å². The van der Waals surface area contributed by atoms with Crippen molar-refractivity contribution in [2.24, 2.45) is 0 Å². The van der Waals surface area contributed by atoms with E-state index in [2.05, 4.69) is 4.67 Å². The SMILES string of the molecule is CN(PO)C1CCCCC1. The third-order valence-electron chi connectivity index (χ3n) is 2.28. The molecule has 0 spiro atoms. The lowest BCUT2D eigenvalue weighted by atomic mass is 9.96. The van der Waals surface area contributed by atoms with Crippen molar-refractivity contribution in [1.29, 1.82) is 0 Å². The van der Waals surface area contributed by atoms with Crippen molar-refractivity contribution in [2.75, 3.05) is 7.05 Å². The van der Waals surface area contributed by atoms with E-state index in [-0.39, 0.29) is 8.96 Å². The van der Waals surface area contributed by atoms with Gasteiger partial charge in [-0.1, -0.05) is 19.3 Å². The molecule has 1 aliphatic carbocycles. The molecule has 0 aromatic heterocycles. The average Bonchev–Trinajstić information content (AvgIpc) is 2.05. The van der Waals surface area contributed by atoms with Crippen molar-refractivity contribution in [3.8, 4) is 0 Å². The highest BCUT2D eigenvalue weighted by Gasteiger charge is 2.16. The van der Waals surface area contributed by atoms with Gasteiger partial charge >= 0.3 is 0 Å². The first-order valence-electron chi connectivity index (χ1n) is 3.97. The smallest absolute Gasteiger partial charge is 0.0852 e. The molecule has 0 amide bonds. The average molecular weight is 161 g/mol. The Morgan fingerprint density at radius 2 is 1.90 bits per heavy atom. The summed E-state index contributed by atoms with van der Waals surface area (Å²) in [7, 11) is 2.00. The maximum atomic E-state index is 8.84. The van der Waals surface area contributed by atoms with Crippen LogP contribution < -0.4 is 0 Å². The Hall–Kier alpha value is 0.350. The lowest BCUT2D eigenvalue weighted by molar-refractivity contribution is 0.289. The highest BCUT2D eigenvalue weighted by molar-refractivity contribution is 7.28. The molecular formula is C7H16NOP. The van der Waals surface area contributed by atoms with Gasteiger partial charge in [-0.25, -0.2) is 0 Å². The van der Waals surface area contributed by atoms with Crippen LogP contribution in [0, 0.1) is 0 Å². The highest BCUT2D eigenvalue weighted by Crippen LogP contribution is 2.26. The quantitative estimate of drug-likeness (QED) is 0.624. The van der Waals surface area contributed by atoms with Crippen LogP contribution in [0.3, 0.4) is 0 Å². The summed E-state index contributed by atoms with van der Waals surface area (Å²) < 4.78 is 2.07. The fourth-order valence-electron chi connectivity index (χ4n) is 1.55. The molecule has 1 fully saturated rings. The van der Waals surface area contributed by atoms with Crippen molar-refractivity contribution < 1.29 is 4.89 Å². The number of rotatable bonds is 2. The summed E-state index contributed by atoms with van der Waals surface area (Å²) in [5.41, 5.74) is 0. The fraction of sp³-hybridized carbons (Fsp3) is 1.00. The summed E-state index contributed by atoms with van der Waals surface area (Å²) in [4.78, 5) is 8.84. The van der Waals surface area contributed by atoms with Crippen LogP contribution in [0.25, 0.3) is 0 Å². The minimum absolute atomic E-state index is 0.00426. The lowest BCUT2D eigenvalue weighted by Gasteiger charge is -2.28. The largest absolute Gasteiger partial charge is 0.361 e. The molecule has 1 saturated carbocycles. The van der Waals surface area contributed by atoms with Gasteiger partial charge in [0.2, 0.25) is 0 Å². The van der Waals surface area contributed by atoms with Gasteiger partial charge in [0.25, 0.3) is 0 Å². The van der Waals surface area contributed by atoms with Crippen molar-refractivity contribution in [3.05, 3.63) is 0 Å². The highest BCUT2D eigenvalue weighted by atomic mass is 31.1. The van der Waals surface area contributed by atoms with Gasteiger partial charge in [-0.2, -0.15) is 0 Å². The van der Waals surface area contributed by atoms with E-state index in [9.17, 15) is 0 Å². The molecule has 60 valence electrons. The molecule has 2 nitrogen and oxygen atoms in total. The maximum absolute atomic E-state index is 8.84. The zero-order chi connectivity index (χ0) is 7.40. The molecular weight excluding hydrogens is 145 g/mol. The molecule has 0 aromatic rings. The van der Waals surface area contributed by atoms with E-state index >= 15 is 0 Å². The third-order valence-corrected chi connectivity index (χ3v) is 2.96. The summed E-state index contributed by atoms with van der Waals surface area (Å²) >= 11 is 0. The maximum Gasteiger partial charge on any atom is 0.0852 e. The first kappa shape index (κ1) is 8.45. The van der Waals surface area contributed by atoms with E-state index in [4.69, 9.17) is 4.89 Å². The Kier molecular flexibility index (Phi) is 3.61. The van der Waals surface area contributed by atoms with E-state index in [1.807, 2.05) is 7.05 Å². The zero-order valence-corrected chi connectivity index (χ0v) is 7.51. The Balaban J connectivity index is 2.24. The van der Waals surface area contributed by atoms with Gasteiger partial charge in [0, 0.05) is 6.04 Å². The Morgan fingerprint density at radius 1 is 1.30 bits per heavy atom. The second kappa shape index (κ2) is 4.27. The zero-order valence-electron chi connectivity index (χ0n) is 6.51. The normalized spacial score (nSPS) is 23.1. The van der Waals surface area contributed by atoms with Crippen LogP contribution >= 0.6 is 8.96 Å². The van der Waals surface area contributed by atoms with Crippen LogP contribution in [-0.2, 0) is 0 Å². The Morgan fingerprint density at radius 3 is 2.40 bits per heavy atom. The molecule has 1 rings (SSSR count). The van der Waals surface area contributed by atoms with Crippen molar-refractivity contribution in [1.82, 2.24) is 4.67 Å². The summed E-state index contributed by atoms with van der Waals surface area (Å²) in [5.74, 6) is 0. The van der Waals surface area contributed by atoms with Gasteiger partial charge in [-0.3, -0.25) is 4.67 Å². The molecule has 10 heavy (non-hydrogen) atoms. The number of hydrogen-bond donors (Lipinski definition) is 1. The molecule has 0 saturated heterocycles. The van der Waals surface area contributed by atoms with Crippen LogP contribution in [0.2, 0.25) is 0 Å². The van der Waals surface area contributed by atoms with Crippen molar-refractivity contribution >= 4 is 8.96 Å². The van der Waals surface area contributed by atoms with E-state index in [0.29, 0.717) is 6.04 Å². The van der Waals surface area contributed by atoms with Gasteiger partial charge in [0.05, 0.1) is 8.96 Å². The molecule has 0 aliphatic heterocycles. The summed E-state index contributed by atoms with van der Waals surface area (Å²) in [6.07, 6.45) is 6.64. The minimum atomic E-state index is -0.00426. The minimum Gasteiger partial charge on any atom is -0.361 e. The molecule has 1 N–H and O–H groups in total. The molecule has 1 unspecified atom stereocenters. The van der Waals surface area contributed by atoms with Gasteiger partial charge in [0.15, 0.2) is 0 Å². The Bertz CT molecular complexity index is 93.6. The van der Waals surface area contributed by atoms with Crippen LogP contribution in [0.15, 0.2) is 0 Å². The third kappa shape index (κ3) is 2.19. The van der Waals surface area contributed by atoms with Crippen molar-refractivity contribution in [3.63, 3.8) is 0 Å². The summed E-state index contributed by atoms with van der Waals surface area (Å²) in [5, 5.41) is 0. The summed E-state index contributed by atoms with van der Waals surface area (Å²) in [6, 6.07) is 0.664. The lowest BCUT2D eigenvalue weighted by Crippen LogP contribution is -2.26. The van der Waals surface area contributed by atoms with Crippen LogP contribution in [0.1, 0.15) is 32.1 Å². The molecule has 0 aromatic carbocycles. The number of nitrogens with zero attached hydrogens (tertiary/aromatic N) is 1. The fourth-order valence-corrected chi connectivity index (χ4v) is 1.97. The van der Waals surface area contributed by atoms with Crippen LogP contribution in [-0.4, -0.2) is 22.7 Å². The van der Waals surface area contributed by atoms with E-state index in [1.165, 1.54) is 32.1 Å². The standard InChI is InChI=1S/C7H16NOP/c1-8(10-9)7-5-3-2-4-6-7/h7,9-10H,2-6H2,1H3. The molecule has 0 radical (unpaired) electrons. The molecule has 3 heteroatoms. The Labute approximate surface area is 64.5 Å². The van der Waals surface area contributed by atoms with Gasteiger partial charge < -0.3 is 4.89 Å². The number of hydrogen-bond acceptors (Lipinski definition) is 2. The summed E-state index contributed by atoms with van der Waals surface area (Å²) in [6.45, 7) is 0. The van der Waals surface area contributed by atoms with E-state index in [1.54, 1.807) is 0 Å². The predicted octanol–water partition coefficient (Wildman–Crippen LogP) is 1.75. The predicted molar refractivity (Wildman–Crippen MR) is 45.2 cm³/mol. The van der Waals surface area contributed by atoms with E-state index in [0.717, 1.165) is 0 Å². The molecule has 1 atom stereocenters. The topological polar surface area (TPSA) is 23.5 Å². The molecule has 0 heterocycles.